The zero-order chi connectivity index (χ0) is 22.9. The highest BCUT2D eigenvalue weighted by Gasteiger charge is 2.18. The Hall–Kier alpha value is -4.25. The summed E-state index contributed by atoms with van der Waals surface area (Å²) in [7, 11) is 0. The fraction of sp³-hybridized carbons (Fsp3) is 0.0909. The summed E-state index contributed by atoms with van der Waals surface area (Å²) in [5.41, 5.74) is 1.91. The number of amides is 1. The van der Waals surface area contributed by atoms with Crippen molar-refractivity contribution in [1.82, 2.24) is 29.5 Å². The molecule has 5 aromatic rings. The number of benzene rings is 1. The molecular formula is C22H16FN7O2S. The molecule has 0 fully saturated rings. The van der Waals surface area contributed by atoms with Crippen LogP contribution >= 0.6 is 11.3 Å². The van der Waals surface area contributed by atoms with Gasteiger partial charge < -0.3 is 10.1 Å². The van der Waals surface area contributed by atoms with Gasteiger partial charge in [-0.15, -0.1) is 21.5 Å². The molecule has 9 nitrogen and oxygen atoms in total. The summed E-state index contributed by atoms with van der Waals surface area (Å²) in [6, 6.07) is 9.62. The van der Waals surface area contributed by atoms with E-state index in [-0.39, 0.29) is 23.2 Å². The van der Waals surface area contributed by atoms with Crippen LogP contribution in [0, 0.1) is 19.7 Å². The van der Waals surface area contributed by atoms with Crippen LogP contribution in [0.5, 0.6) is 11.6 Å². The lowest BCUT2D eigenvalue weighted by molar-refractivity contribution is 0.103. The van der Waals surface area contributed by atoms with Crippen molar-refractivity contribution in [2.24, 2.45) is 0 Å². The average Bonchev–Trinajstić information content (AvgIpc) is 3.40. The predicted molar refractivity (Wildman–Crippen MR) is 120 cm³/mol. The number of hydrogen-bond donors (Lipinski definition) is 1. The number of hydrogen-bond acceptors (Lipinski definition) is 8. The topological polar surface area (TPSA) is 107 Å². The first-order chi connectivity index (χ1) is 16.0. The first-order valence-corrected chi connectivity index (χ1v) is 10.6. The molecule has 0 aliphatic heterocycles. The summed E-state index contributed by atoms with van der Waals surface area (Å²) < 4.78 is 22.0. The van der Waals surface area contributed by atoms with Crippen LogP contribution in [-0.2, 0) is 0 Å². The Labute approximate surface area is 191 Å². The second-order valence-corrected chi connectivity index (χ2v) is 8.02. The van der Waals surface area contributed by atoms with Crippen molar-refractivity contribution < 1.29 is 13.9 Å². The molecule has 0 aliphatic carbocycles. The smallest absolute Gasteiger partial charge is 0.267 e. The van der Waals surface area contributed by atoms with Crippen molar-refractivity contribution >= 4 is 28.6 Å². The third-order valence-electron chi connectivity index (χ3n) is 4.75. The van der Waals surface area contributed by atoms with Gasteiger partial charge >= 0.3 is 0 Å². The SMILES string of the molecule is Cc1nc(-c2ccccn2)sc1C(=O)Nc1ccc(Oc2nccn3c(C)nnc23)c(F)c1. The van der Waals surface area contributed by atoms with Crippen LogP contribution < -0.4 is 10.1 Å². The molecule has 0 radical (unpaired) electrons. The second kappa shape index (κ2) is 8.36. The number of fused-ring (bicyclic) bond motifs is 1. The van der Waals surface area contributed by atoms with Gasteiger partial charge in [0.15, 0.2) is 11.6 Å². The summed E-state index contributed by atoms with van der Waals surface area (Å²) in [6.45, 7) is 3.53. The maximum absolute atomic E-state index is 14.7. The van der Waals surface area contributed by atoms with Crippen LogP contribution in [0.3, 0.4) is 0 Å². The molecule has 1 amide bonds. The molecule has 5 rings (SSSR count). The molecule has 1 N–H and O–H groups in total. The van der Waals surface area contributed by atoms with Gasteiger partial charge in [0.1, 0.15) is 15.7 Å². The molecule has 0 saturated heterocycles. The van der Waals surface area contributed by atoms with E-state index < -0.39 is 5.82 Å². The summed E-state index contributed by atoms with van der Waals surface area (Å²) in [5, 5.41) is 11.3. The molecule has 164 valence electrons. The molecule has 4 heterocycles. The van der Waals surface area contributed by atoms with E-state index in [2.05, 4.69) is 30.5 Å². The van der Waals surface area contributed by atoms with Crippen LogP contribution in [0.15, 0.2) is 55.0 Å². The highest BCUT2D eigenvalue weighted by Crippen LogP contribution is 2.30. The van der Waals surface area contributed by atoms with Crippen LogP contribution in [-0.4, -0.2) is 35.5 Å². The molecule has 0 spiro atoms. The summed E-state index contributed by atoms with van der Waals surface area (Å²) in [6.07, 6.45) is 4.87. The number of nitrogens with one attached hydrogen (secondary N) is 1. The number of aryl methyl sites for hydroxylation is 2. The first kappa shape index (κ1) is 20.6. The predicted octanol–water partition coefficient (Wildman–Crippen LogP) is 4.44. The number of ether oxygens (including phenoxy) is 1. The second-order valence-electron chi connectivity index (χ2n) is 7.02. The van der Waals surface area contributed by atoms with E-state index in [1.54, 1.807) is 36.7 Å². The molecule has 0 aliphatic rings. The Morgan fingerprint density at radius 1 is 1.12 bits per heavy atom. The van der Waals surface area contributed by atoms with Crippen LogP contribution in [0.2, 0.25) is 0 Å². The number of nitrogens with zero attached hydrogens (tertiary/aromatic N) is 6. The average molecular weight is 461 g/mol. The number of pyridine rings is 1. The third kappa shape index (κ3) is 4.01. The lowest BCUT2D eigenvalue weighted by atomic mass is 10.2. The summed E-state index contributed by atoms with van der Waals surface area (Å²) >= 11 is 1.22. The van der Waals surface area contributed by atoms with Crippen molar-refractivity contribution in [3.63, 3.8) is 0 Å². The van der Waals surface area contributed by atoms with Gasteiger partial charge in [0.2, 0.25) is 5.65 Å². The molecule has 4 aromatic heterocycles. The lowest BCUT2D eigenvalue weighted by Crippen LogP contribution is -2.11. The highest BCUT2D eigenvalue weighted by atomic mass is 32.1. The fourth-order valence-electron chi connectivity index (χ4n) is 3.15. The van der Waals surface area contributed by atoms with Crippen LogP contribution in [0.1, 0.15) is 21.2 Å². The molecule has 1 aromatic carbocycles. The number of thiazole rings is 1. The van der Waals surface area contributed by atoms with Crippen molar-refractivity contribution in [3.05, 3.63) is 77.2 Å². The van der Waals surface area contributed by atoms with Gasteiger partial charge in [0.25, 0.3) is 11.8 Å². The highest BCUT2D eigenvalue weighted by molar-refractivity contribution is 7.17. The first-order valence-electron chi connectivity index (χ1n) is 9.83. The van der Waals surface area contributed by atoms with E-state index in [1.807, 2.05) is 18.2 Å². The zero-order valence-corrected chi connectivity index (χ0v) is 18.3. The maximum Gasteiger partial charge on any atom is 0.267 e. The zero-order valence-electron chi connectivity index (χ0n) is 17.5. The van der Waals surface area contributed by atoms with E-state index in [4.69, 9.17) is 4.74 Å². The van der Waals surface area contributed by atoms with Crippen molar-refractivity contribution in [2.45, 2.75) is 13.8 Å². The Morgan fingerprint density at radius 3 is 2.79 bits per heavy atom. The molecule has 0 saturated carbocycles. The Balaban J connectivity index is 1.35. The minimum Gasteiger partial charge on any atom is -0.433 e. The molecular weight excluding hydrogens is 445 g/mol. The number of aromatic nitrogens is 6. The largest absolute Gasteiger partial charge is 0.433 e. The van der Waals surface area contributed by atoms with Gasteiger partial charge in [0.05, 0.1) is 11.4 Å². The van der Waals surface area contributed by atoms with Gasteiger partial charge in [-0.1, -0.05) is 6.07 Å². The Kier molecular flexibility index (Phi) is 5.23. The van der Waals surface area contributed by atoms with Gasteiger partial charge in [-0.3, -0.25) is 14.2 Å². The third-order valence-corrected chi connectivity index (χ3v) is 5.93. The number of carbonyl (C=O) groups excluding carboxylic acids is 1. The van der Waals surface area contributed by atoms with Gasteiger partial charge in [-0.05, 0) is 38.1 Å². The van der Waals surface area contributed by atoms with E-state index in [0.717, 1.165) is 0 Å². The molecule has 33 heavy (non-hydrogen) atoms. The monoisotopic (exact) mass is 461 g/mol. The van der Waals surface area contributed by atoms with Gasteiger partial charge in [0, 0.05) is 30.3 Å². The van der Waals surface area contributed by atoms with E-state index in [9.17, 15) is 9.18 Å². The summed E-state index contributed by atoms with van der Waals surface area (Å²) in [4.78, 5) is 26.0. The lowest BCUT2D eigenvalue weighted by Gasteiger charge is -2.09. The summed E-state index contributed by atoms with van der Waals surface area (Å²) in [5.74, 6) is -0.328. The van der Waals surface area contributed by atoms with E-state index >= 15 is 0 Å². The Bertz CT molecular complexity index is 1480. The maximum atomic E-state index is 14.7. The van der Waals surface area contributed by atoms with E-state index in [0.29, 0.717) is 32.7 Å². The molecule has 0 unspecified atom stereocenters. The van der Waals surface area contributed by atoms with Crippen molar-refractivity contribution in [1.29, 1.82) is 0 Å². The quantitative estimate of drug-likeness (QED) is 0.412. The van der Waals surface area contributed by atoms with Gasteiger partial charge in [-0.2, -0.15) is 0 Å². The number of halogens is 1. The minimum atomic E-state index is -0.664. The Morgan fingerprint density at radius 2 is 2.00 bits per heavy atom. The van der Waals surface area contributed by atoms with Crippen molar-refractivity contribution in [3.8, 4) is 22.3 Å². The van der Waals surface area contributed by atoms with E-state index in [1.165, 1.54) is 29.7 Å². The number of rotatable bonds is 5. The molecule has 0 bridgehead atoms. The normalized spacial score (nSPS) is 11.0. The number of anilines is 1. The standard InChI is InChI=1S/C22H16FN7O2S/c1-12-18(33-22(26-12)16-5-3-4-8-24-16)20(31)27-14-6-7-17(15(23)11-14)32-21-19-29-28-13(2)30(19)10-9-25-21/h3-11H,1-2H3,(H,27,31). The van der Waals surface area contributed by atoms with Gasteiger partial charge in [-0.25, -0.2) is 14.4 Å². The minimum absolute atomic E-state index is 0.0549. The van der Waals surface area contributed by atoms with Crippen LogP contribution in [0.4, 0.5) is 10.1 Å². The molecule has 0 atom stereocenters. The number of carbonyl (C=O) groups is 1. The molecule has 11 heteroatoms. The van der Waals surface area contributed by atoms with Crippen molar-refractivity contribution in [2.75, 3.05) is 5.32 Å². The fourth-order valence-corrected chi connectivity index (χ4v) is 4.09. The van der Waals surface area contributed by atoms with Crippen LogP contribution in [0.25, 0.3) is 16.3 Å².